The number of halogens is 1. The average Bonchev–Trinajstić information content (AvgIpc) is 2.48. The van der Waals surface area contributed by atoms with Crippen molar-refractivity contribution in [2.75, 3.05) is 18.6 Å². The van der Waals surface area contributed by atoms with Crippen LogP contribution in [0.2, 0.25) is 0 Å². The molecule has 0 radical (unpaired) electrons. The number of nitrogens with one attached hydrogen (secondary N) is 2. The van der Waals surface area contributed by atoms with Crippen LogP contribution in [0.3, 0.4) is 0 Å². The van der Waals surface area contributed by atoms with Crippen LogP contribution >= 0.6 is 11.8 Å². The molecule has 0 saturated heterocycles. The van der Waals surface area contributed by atoms with Crippen molar-refractivity contribution in [3.63, 3.8) is 0 Å². The van der Waals surface area contributed by atoms with Gasteiger partial charge >= 0.3 is 0 Å². The molecule has 6 heteroatoms. The molecule has 0 bridgehead atoms. The van der Waals surface area contributed by atoms with Gasteiger partial charge in [-0.15, -0.1) is 0 Å². The maximum Gasteiger partial charge on any atom is 0.254 e. The molecule has 2 atom stereocenters. The van der Waals surface area contributed by atoms with E-state index in [4.69, 9.17) is 0 Å². The second kappa shape index (κ2) is 6.92. The Kier molecular flexibility index (Phi) is 5.23. The van der Waals surface area contributed by atoms with Crippen molar-refractivity contribution in [2.45, 2.75) is 37.0 Å². The highest BCUT2D eigenvalue weighted by Crippen LogP contribution is 2.27. The van der Waals surface area contributed by atoms with Gasteiger partial charge in [0, 0.05) is 24.5 Å². The van der Waals surface area contributed by atoms with Crippen molar-refractivity contribution < 1.29 is 9.18 Å². The first-order chi connectivity index (χ1) is 9.67. The summed E-state index contributed by atoms with van der Waals surface area (Å²) >= 11 is 1.77. The number of hydrogen-bond acceptors (Lipinski definition) is 4. The Morgan fingerprint density at radius 1 is 1.45 bits per heavy atom. The highest BCUT2D eigenvalue weighted by atomic mass is 32.2. The molecular formula is C14H20FN3OS. The maximum atomic E-state index is 14.1. The van der Waals surface area contributed by atoms with Crippen LogP contribution in [0.1, 0.15) is 36.0 Å². The molecule has 2 rings (SSSR count). The highest BCUT2D eigenvalue weighted by Gasteiger charge is 2.27. The number of anilines is 1. The van der Waals surface area contributed by atoms with Crippen LogP contribution in [0.15, 0.2) is 12.3 Å². The molecule has 0 aliphatic heterocycles. The fraction of sp³-hybridized carbons (Fsp3) is 0.571. The molecule has 1 aliphatic carbocycles. The molecule has 110 valence electrons. The summed E-state index contributed by atoms with van der Waals surface area (Å²) in [5, 5.41) is 6.03. The van der Waals surface area contributed by atoms with Gasteiger partial charge in [0.1, 0.15) is 0 Å². The first-order valence-corrected chi connectivity index (χ1v) is 8.12. The zero-order valence-corrected chi connectivity index (χ0v) is 12.6. The lowest BCUT2D eigenvalue weighted by atomic mass is 9.94. The molecule has 1 fully saturated rings. The number of amides is 1. The fourth-order valence-electron chi connectivity index (χ4n) is 2.58. The number of nitrogens with zero attached hydrogens (tertiary/aromatic N) is 1. The van der Waals surface area contributed by atoms with E-state index in [9.17, 15) is 9.18 Å². The van der Waals surface area contributed by atoms with Crippen molar-refractivity contribution >= 4 is 23.5 Å². The minimum atomic E-state index is -0.594. The average molecular weight is 297 g/mol. The molecule has 0 spiro atoms. The Bertz CT molecular complexity index is 483. The summed E-state index contributed by atoms with van der Waals surface area (Å²) < 4.78 is 14.1. The van der Waals surface area contributed by atoms with Gasteiger partial charge < -0.3 is 10.6 Å². The first kappa shape index (κ1) is 15.1. The third-order valence-corrected chi connectivity index (χ3v) is 4.86. The summed E-state index contributed by atoms with van der Waals surface area (Å²) in [7, 11) is 1.58. The van der Waals surface area contributed by atoms with E-state index in [1.165, 1.54) is 18.7 Å². The largest absolute Gasteiger partial charge is 0.371 e. The van der Waals surface area contributed by atoms with E-state index in [-0.39, 0.29) is 23.3 Å². The number of carbonyl (C=O) groups excluding carboxylic acids is 1. The van der Waals surface area contributed by atoms with Crippen molar-refractivity contribution in [3.8, 4) is 0 Å². The van der Waals surface area contributed by atoms with E-state index in [1.54, 1.807) is 18.8 Å². The molecule has 4 nitrogen and oxygen atoms in total. The SMILES string of the molecule is CNc1nccc(C(=O)NC2CCCCC2SC)c1F. The number of aromatic nitrogens is 1. The van der Waals surface area contributed by atoms with Gasteiger partial charge in [0.05, 0.1) is 5.56 Å². The summed E-state index contributed by atoms with van der Waals surface area (Å²) in [4.78, 5) is 16.1. The van der Waals surface area contributed by atoms with Gasteiger partial charge in [-0.05, 0) is 25.2 Å². The molecule has 1 aromatic rings. The fourth-order valence-corrected chi connectivity index (χ4v) is 3.52. The van der Waals surface area contributed by atoms with E-state index in [2.05, 4.69) is 21.9 Å². The molecule has 2 N–H and O–H groups in total. The quantitative estimate of drug-likeness (QED) is 0.897. The molecule has 1 saturated carbocycles. The number of carbonyl (C=O) groups is 1. The molecule has 2 unspecified atom stereocenters. The molecule has 1 aliphatic rings. The van der Waals surface area contributed by atoms with Crippen molar-refractivity contribution in [2.24, 2.45) is 0 Å². The molecular weight excluding hydrogens is 277 g/mol. The maximum absolute atomic E-state index is 14.1. The van der Waals surface area contributed by atoms with Crippen LogP contribution in [0.4, 0.5) is 10.2 Å². The minimum Gasteiger partial charge on any atom is -0.371 e. The first-order valence-electron chi connectivity index (χ1n) is 6.83. The van der Waals surface area contributed by atoms with E-state index >= 15 is 0 Å². The zero-order valence-electron chi connectivity index (χ0n) is 11.8. The van der Waals surface area contributed by atoms with Gasteiger partial charge in [0.15, 0.2) is 11.6 Å². The van der Waals surface area contributed by atoms with Gasteiger partial charge in [-0.3, -0.25) is 4.79 Å². The van der Waals surface area contributed by atoms with Crippen LogP contribution < -0.4 is 10.6 Å². The molecule has 1 amide bonds. The minimum absolute atomic E-state index is 0.0507. The van der Waals surface area contributed by atoms with Gasteiger partial charge in [-0.2, -0.15) is 11.8 Å². The Morgan fingerprint density at radius 2 is 2.20 bits per heavy atom. The van der Waals surface area contributed by atoms with Crippen molar-refractivity contribution in [1.82, 2.24) is 10.3 Å². The third kappa shape index (κ3) is 3.23. The summed E-state index contributed by atoms with van der Waals surface area (Å²) in [6.45, 7) is 0. The third-order valence-electron chi connectivity index (χ3n) is 3.69. The van der Waals surface area contributed by atoms with E-state index < -0.39 is 5.82 Å². The normalized spacial score (nSPS) is 22.4. The van der Waals surface area contributed by atoms with E-state index in [0.717, 1.165) is 19.3 Å². The Labute approximate surface area is 122 Å². The molecule has 0 aromatic carbocycles. The van der Waals surface area contributed by atoms with Gasteiger partial charge in [-0.1, -0.05) is 12.8 Å². The highest BCUT2D eigenvalue weighted by molar-refractivity contribution is 7.99. The summed E-state index contributed by atoms with van der Waals surface area (Å²) in [5.41, 5.74) is 0.0507. The molecule has 1 aromatic heterocycles. The lowest BCUT2D eigenvalue weighted by molar-refractivity contribution is 0.0925. The van der Waals surface area contributed by atoms with Crippen LogP contribution in [0, 0.1) is 5.82 Å². The lowest BCUT2D eigenvalue weighted by Gasteiger charge is -2.31. The Morgan fingerprint density at radius 3 is 2.90 bits per heavy atom. The standard InChI is InChI=1S/C14H20FN3OS/c1-16-13-12(15)9(7-8-17-13)14(19)18-10-5-3-4-6-11(10)20-2/h7-8,10-11H,3-6H2,1-2H3,(H,16,17)(H,18,19). The Hall–Kier alpha value is -1.30. The monoisotopic (exact) mass is 297 g/mol. The van der Waals surface area contributed by atoms with Crippen LogP contribution in [0.5, 0.6) is 0 Å². The zero-order chi connectivity index (χ0) is 14.5. The van der Waals surface area contributed by atoms with Crippen LogP contribution in [0.25, 0.3) is 0 Å². The summed E-state index contributed by atoms with van der Waals surface area (Å²) in [5.74, 6) is -0.848. The smallest absolute Gasteiger partial charge is 0.254 e. The van der Waals surface area contributed by atoms with Gasteiger partial charge in [0.2, 0.25) is 0 Å². The van der Waals surface area contributed by atoms with E-state index in [1.807, 2.05) is 0 Å². The topological polar surface area (TPSA) is 54.0 Å². The van der Waals surface area contributed by atoms with E-state index in [0.29, 0.717) is 5.25 Å². The summed E-state index contributed by atoms with van der Waals surface area (Å²) in [6.07, 6.45) is 7.88. The van der Waals surface area contributed by atoms with Gasteiger partial charge in [0.25, 0.3) is 5.91 Å². The second-order valence-electron chi connectivity index (χ2n) is 4.91. The summed E-state index contributed by atoms with van der Waals surface area (Å²) in [6, 6.07) is 1.54. The predicted octanol–water partition coefficient (Wildman–Crippen LogP) is 2.67. The molecule has 20 heavy (non-hydrogen) atoms. The van der Waals surface area contributed by atoms with Crippen molar-refractivity contribution in [3.05, 3.63) is 23.6 Å². The Balaban J connectivity index is 2.11. The molecule has 1 heterocycles. The van der Waals surface area contributed by atoms with Crippen molar-refractivity contribution in [1.29, 1.82) is 0 Å². The number of pyridine rings is 1. The lowest BCUT2D eigenvalue weighted by Crippen LogP contribution is -2.44. The number of thioether (sulfide) groups is 1. The van der Waals surface area contributed by atoms with Gasteiger partial charge in [-0.25, -0.2) is 9.37 Å². The number of hydrogen-bond donors (Lipinski definition) is 2. The second-order valence-corrected chi connectivity index (χ2v) is 5.99. The van der Waals surface area contributed by atoms with Crippen LogP contribution in [-0.4, -0.2) is 35.5 Å². The van der Waals surface area contributed by atoms with Crippen LogP contribution in [-0.2, 0) is 0 Å². The number of rotatable bonds is 4. The predicted molar refractivity (Wildman–Crippen MR) is 80.8 cm³/mol.